The number of halogens is 3. The first-order valence-electron chi connectivity index (χ1n) is 10.3. The van der Waals surface area contributed by atoms with Gasteiger partial charge in [0.05, 0.1) is 6.54 Å². The van der Waals surface area contributed by atoms with Crippen molar-refractivity contribution in [1.29, 1.82) is 0 Å². The van der Waals surface area contributed by atoms with Crippen molar-refractivity contribution in [3.05, 3.63) is 101 Å². The molecule has 0 saturated carbocycles. The molecule has 10 heteroatoms. The van der Waals surface area contributed by atoms with Gasteiger partial charge in [-0.15, -0.1) is 10.2 Å². The van der Waals surface area contributed by atoms with Crippen LogP contribution in [0.3, 0.4) is 0 Å². The molecular formula is C24H20F3N5OS. The Labute approximate surface area is 198 Å². The number of anilines is 1. The maximum Gasteiger partial charge on any atom is 0.319 e. The van der Waals surface area contributed by atoms with Crippen molar-refractivity contribution in [2.75, 3.05) is 5.32 Å². The van der Waals surface area contributed by atoms with E-state index >= 15 is 0 Å². The van der Waals surface area contributed by atoms with Crippen LogP contribution in [0.4, 0.5) is 23.7 Å². The summed E-state index contributed by atoms with van der Waals surface area (Å²) in [5, 5.41) is 14.2. The predicted molar refractivity (Wildman–Crippen MR) is 124 cm³/mol. The number of amides is 2. The van der Waals surface area contributed by atoms with Crippen LogP contribution in [-0.2, 0) is 12.3 Å². The van der Waals surface area contributed by atoms with Crippen LogP contribution < -0.4 is 10.6 Å². The second-order valence-corrected chi connectivity index (χ2v) is 8.36. The Hall–Kier alpha value is -3.79. The number of aromatic nitrogens is 3. The summed E-state index contributed by atoms with van der Waals surface area (Å²) < 4.78 is 41.5. The van der Waals surface area contributed by atoms with Crippen LogP contribution in [0.25, 0.3) is 5.69 Å². The van der Waals surface area contributed by atoms with E-state index in [0.29, 0.717) is 16.7 Å². The summed E-state index contributed by atoms with van der Waals surface area (Å²) in [4.78, 5) is 12.3. The number of rotatable bonds is 7. The van der Waals surface area contributed by atoms with Crippen LogP contribution >= 0.6 is 11.8 Å². The van der Waals surface area contributed by atoms with E-state index in [9.17, 15) is 18.0 Å². The lowest BCUT2D eigenvalue weighted by Gasteiger charge is -2.12. The summed E-state index contributed by atoms with van der Waals surface area (Å²) in [6.07, 6.45) is 0. The molecule has 4 rings (SSSR count). The molecule has 0 aliphatic rings. The summed E-state index contributed by atoms with van der Waals surface area (Å²) >= 11 is 1.43. The molecule has 1 heterocycles. The minimum Gasteiger partial charge on any atom is -0.331 e. The fourth-order valence-electron chi connectivity index (χ4n) is 3.10. The first-order valence-corrected chi connectivity index (χ1v) is 11.3. The third kappa shape index (κ3) is 5.76. The Morgan fingerprint density at radius 3 is 2.38 bits per heavy atom. The minimum atomic E-state index is -1.06. The summed E-state index contributed by atoms with van der Waals surface area (Å²) in [5.41, 5.74) is 2.94. The molecule has 2 N–H and O–H groups in total. The molecule has 0 aliphatic carbocycles. The molecule has 174 valence electrons. The molecule has 0 fully saturated rings. The first-order chi connectivity index (χ1) is 16.4. The summed E-state index contributed by atoms with van der Waals surface area (Å²) in [6, 6.07) is 16.5. The minimum absolute atomic E-state index is 0.0352. The van der Waals surface area contributed by atoms with Crippen LogP contribution in [-0.4, -0.2) is 20.8 Å². The van der Waals surface area contributed by atoms with E-state index in [0.717, 1.165) is 28.9 Å². The second-order valence-electron chi connectivity index (χ2n) is 7.42. The largest absolute Gasteiger partial charge is 0.331 e. The van der Waals surface area contributed by atoms with Crippen molar-refractivity contribution >= 4 is 23.5 Å². The monoisotopic (exact) mass is 483 g/mol. The van der Waals surface area contributed by atoms with Crippen molar-refractivity contribution < 1.29 is 18.0 Å². The van der Waals surface area contributed by atoms with Gasteiger partial charge in [0.15, 0.2) is 22.6 Å². The SMILES string of the molecule is Cc1ccc(-n2c(CNC(=O)Nc3ccc(F)c(F)c3)nnc2SCc2ccc(F)cc2)cc1. The van der Waals surface area contributed by atoms with Gasteiger partial charge in [-0.3, -0.25) is 4.57 Å². The van der Waals surface area contributed by atoms with Crippen molar-refractivity contribution in [3.8, 4) is 5.69 Å². The van der Waals surface area contributed by atoms with Crippen LogP contribution in [0.2, 0.25) is 0 Å². The van der Waals surface area contributed by atoms with Gasteiger partial charge in [-0.1, -0.05) is 41.6 Å². The van der Waals surface area contributed by atoms with Crippen LogP contribution in [0.5, 0.6) is 0 Å². The molecule has 4 aromatic rings. The van der Waals surface area contributed by atoms with E-state index in [4.69, 9.17) is 0 Å². The van der Waals surface area contributed by atoms with Gasteiger partial charge >= 0.3 is 6.03 Å². The Balaban J connectivity index is 1.50. The number of carbonyl (C=O) groups excluding carboxylic acids is 1. The van der Waals surface area contributed by atoms with E-state index in [1.165, 1.54) is 30.0 Å². The molecule has 6 nitrogen and oxygen atoms in total. The number of aryl methyl sites for hydroxylation is 1. The van der Waals surface area contributed by atoms with Crippen molar-refractivity contribution in [1.82, 2.24) is 20.1 Å². The quantitative estimate of drug-likeness (QED) is 0.336. The average molecular weight is 484 g/mol. The zero-order chi connectivity index (χ0) is 24.1. The molecule has 1 aromatic heterocycles. The van der Waals surface area contributed by atoms with Gasteiger partial charge in [-0.05, 0) is 48.9 Å². The lowest BCUT2D eigenvalue weighted by Crippen LogP contribution is -2.29. The van der Waals surface area contributed by atoms with E-state index in [-0.39, 0.29) is 18.0 Å². The molecule has 0 bridgehead atoms. The van der Waals surface area contributed by atoms with Gasteiger partial charge in [-0.25, -0.2) is 18.0 Å². The Morgan fingerprint density at radius 2 is 1.68 bits per heavy atom. The topological polar surface area (TPSA) is 71.8 Å². The Kier molecular flexibility index (Phi) is 7.17. The van der Waals surface area contributed by atoms with E-state index in [2.05, 4.69) is 20.8 Å². The second kappa shape index (κ2) is 10.4. The van der Waals surface area contributed by atoms with Crippen molar-refractivity contribution in [2.45, 2.75) is 24.4 Å². The lowest BCUT2D eigenvalue weighted by molar-refractivity contribution is 0.251. The summed E-state index contributed by atoms with van der Waals surface area (Å²) in [5.74, 6) is -1.33. The molecular weight excluding hydrogens is 463 g/mol. The van der Waals surface area contributed by atoms with Crippen molar-refractivity contribution in [3.63, 3.8) is 0 Å². The van der Waals surface area contributed by atoms with Crippen LogP contribution in [0, 0.1) is 24.4 Å². The van der Waals surface area contributed by atoms with Gasteiger partial charge in [0, 0.05) is 23.2 Å². The number of urea groups is 1. The Bertz CT molecular complexity index is 1290. The summed E-state index contributed by atoms with van der Waals surface area (Å²) in [6.45, 7) is 2.01. The van der Waals surface area contributed by atoms with Gasteiger partial charge in [0.2, 0.25) is 0 Å². The van der Waals surface area contributed by atoms with Gasteiger partial charge < -0.3 is 10.6 Å². The lowest BCUT2D eigenvalue weighted by atomic mass is 10.2. The van der Waals surface area contributed by atoms with Crippen LogP contribution in [0.15, 0.2) is 71.9 Å². The molecule has 0 atom stereocenters. The molecule has 0 unspecified atom stereocenters. The number of thioether (sulfide) groups is 1. The highest BCUT2D eigenvalue weighted by Crippen LogP contribution is 2.26. The number of hydrogen-bond donors (Lipinski definition) is 2. The zero-order valence-corrected chi connectivity index (χ0v) is 18.9. The number of carbonyl (C=O) groups is 1. The number of nitrogens with one attached hydrogen (secondary N) is 2. The average Bonchev–Trinajstić information content (AvgIpc) is 3.23. The van der Waals surface area contributed by atoms with E-state index < -0.39 is 17.7 Å². The molecule has 0 radical (unpaired) electrons. The first kappa shape index (κ1) is 23.4. The van der Waals surface area contributed by atoms with Gasteiger partial charge in [-0.2, -0.15) is 0 Å². The zero-order valence-electron chi connectivity index (χ0n) is 18.1. The molecule has 0 spiro atoms. The third-order valence-corrected chi connectivity index (χ3v) is 5.86. The highest BCUT2D eigenvalue weighted by Gasteiger charge is 2.16. The highest BCUT2D eigenvalue weighted by molar-refractivity contribution is 7.98. The maximum atomic E-state index is 13.4. The molecule has 34 heavy (non-hydrogen) atoms. The maximum absolute atomic E-state index is 13.4. The summed E-state index contributed by atoms with van der Waals surface area (Å²) in [7, 11) is 0. The number of hydrogen-bond acceptors (Lipinski definition) is 4. The van der Waals surface area contributed by atoms with Crippen LogP contribution in [0.1, 0.15) is 17.0 Å². The predicted octanol–water partition coefficient (Wildman–Crippen LogP) is 5.61. The third-order valence-electron chi connectivity index (χ3n) is 4.86. The molecule has 2 amide bonds. The van der Waals surface area contributed by atoms with Gasteiger partial charge in [0.1, 0.15) is 5.82 Å². The van der Waals surface area contributed by atoms with Gasteiger partial charge in [0.25, 0.3) is 0 Å². The van der Waals surface area contributed by atoms with Crippen molar-refractivity contribution in [2.24, 2.45) is 0 Å². The molecule has 0 aliphatic heterocycles. The standard InChI is InChI=1S/C24H20F3N5OS/c1-15-2-9-19(10-3-15)32-22(13-28-23(33)29-18-8-11-20(26)21(27)12-18)30-31-24(32)34-14-16-4-6-17(25)7-5-16/h2-12H,13-14H2,1H3,(H2,28,29,33). The molecule has 0 saturated heterocycles. The number of benzene rings is 3. The number of nitrogens with zero attached hydrogens (tertiary/aromatic N) is 3. The van der Waals surface area contributed by atoms with E-state index in [1.807, 2.05) is 35.8 Å². The fourth-order valence-corrected chi connectivity index (χ4v) is 4.03. The smallest absolute Gasteiger partial charge is 0.319 e. The molecule has 3 aromatic carbocycles. The van der Waals surface area contributed by atoms with E-state index in [1.54, 1.807) is 12.1 Å². The fraction of sp³-hybridized carbons (Fsp3) is 0.125. The normalized spacial score (nSPS) is 10.8. The Morgan fingerprint density at radius 1 is 0.941 bits per heavy atom. The highest BCUT2D eigenvalue weighted by atomic mass is 32.2.